The summed E-state index contributed by atoms with van der Waals surface area (Å²) in [5.74, 6) is -0.591. The molecule has 8 nitrogen and oxygen atoms in total. The standard InChI is InChI=1S/C22H23NO7/c1-5-30-18-8-6-14(10-19(18)27-2)7-9-20(24)23-17-12-15(21(25)28-3)11-16(13-17)22(26)29-4/h6-13H,5H2,1-4H3,(H,23,24)/b9-7+. The molecule has 1 amide bonds. The molecule has 0 atom stereocenters. The summed E-state index contributed by atoms with van der Waals surface area (Å²) in [7, 11) is 3.98. The Morgan fingerprint density at radius 3 is 2.07 bits per heavy atom. The molecule has 2 aromatic carbocycles. The summed E-state index contributed by atoms with van der Waals surface area (Å²) in [5, 5.41) is 2.61. The Hall–Kier alpha value is -3.81. The van der Waals surface area contributed by atoms with Crippen LogP contribution in [-0.4, -0.2) is 45.8 Å². The molecule has 8 heteroatoms. The van der Waals surface area contributed by atoms with Gasteiger partial charge < -0.3 is 24.3 Å². The first-order valence-corrected chi connectivity index (χ1v) is 9.03. The van der Waals surface area contributed by atoms with Crippen LogP contribution in [0.3, 0.4) is 0 Å². The predicted molar refractivity (Wildman–Crippen MR) is 111 cm³/mol. The second kappa shape index (κ2) is 10.7. The van der Waals surface area contributed by atoms with E-state index in [2.05, 4.69) is 14.8 Å². The molecule has 0 aliphatic heterocycles. The van der Waals surface area contributed by atoms with Crippen molar-refractivity contribution in [3.05, 3.63) is 59.2 Å². The fraction of sp³-hybridized carbons (Fsp3) is 0.227. The summed E-state index contributed by atoms with van der Waals surface area (Å²) < 4.78 is 20.1. The number of ether oxygens (including phenoxy) is 4. The molecule has 2 rings (SSSR count). The van der Waals surface area contributed by atoms with Crippen LogP contribution in [-0.2, 0) is 14.3 Å². The van der Waals surface area contributed by atoms with Crippen LogP contribution in [0, 0.1) is 0 Å². The third-order valence-electron chi connectivity index (χ3n) is 3.96. The Morgan fingerprint density at radius 1 is 0.900 bits per heavy atom. The van der Waals surface area contributed by atoms with Gasteiger partial charge in [-0.05, 0) is 48.9 Å². The van der Waals surface area contributed by atoms with Crippen LogP contribution in [0.25, 0.3) is 6.08 Å². The number of anilines is 1. The van der Waals surface area contributed by atoms with Crippen molar-refractivity contribution in [1.82, 2.24) is 0 Å². The number of hydrogen-bond acceptors (Lipinski definition) is 7. The highest BCUT2D eigenvalue weighted by molar-refractivity contribution is 6.04. The van der Waals surface area contributed by atoms with Crippen LogP contribution in [0.5, 0.6) is 11.5 Å². The Labute approximate surface area is 174 Å². The van der Waals surface area contributed by atoms with Gasteiger partial charge >= 0.3 is 11.9 Å². The van der Waals surface area contributed by atoms with Crippen molar-refractivity contribution in [2.75, 3.05) is 33.3 Å². The molecule has 0 saturated heterocycles. The Balaban J connectivity index is 2.21. The van der Waals surface area contributed by atoms with Gasteiger partial charge in [0.1, 0.15) is 0 Å². The molecular weight excluding hydrogens is 390 g/mol. The molecular formula is C22H23NO7. The van der Waals surface area contributed by atoms with Gasteiger partial charge in [-0.3, -0.25) is 4.79 Å². The first-order valence-electron chi connectivity index (χ1n) is 9.03. The number of rotatable bonds is 8. The van der Waals surface area contributed by atoms with Gasteiger partial charge in [-0.1, -0.05) is 6.07 Å². The second-order valence-electron chi connectivity index (χ2n) is 5.95. The Morgan fingerprint density at radius 2 is 1.53 bits per heavy atom. The largest absolute Gasteiger partial charge is 0.493 e. The lowest BCUT2D eigenvalue weighted by molar-refractivity contribution is -0.111. The first kappa shape index (κ1) is 22.5. The molecule has 0 aliphatic carbocycles. The van der Waals surface area contributed by atoms with Gasteiger partial charge in [0.05, 0.1) is 39.1 Å². The molecule has 30 heavy (non-hydrogen) atoms. The van der Waals surface area contributed by atoms with Crippen molar-refractivity contribution in [2.45, 2.75) is 6.92 Å². The third kappa shape index (κ3) is 5.84. The lowest BCUT2D eigenvalue weighted by Crippen LogP contribution is -2.12. The molecule has 0 bridgehead atoms. The van der Waals surface area contributed by atoms with Crippen LogP contribution < -0.4 is 14.8 Å². The first-order chi connectivity index (χ1) is 14.4. The predicted octanol–water partition coefficient (Wildman–Crippen LogP) is 3.32. The summed E-state index contributed by atoms with van der Waals surface area (Å²) in [5.41, 5.74) is 1.19. The van der Waals surface area contributed by atoms with E-state index in [0.717, 1.165) is 5.56 Å². The van der Waals surface area contributed by atoms with Crippen molar-refractivity contribution in [3.63, 3.8) is 0 Å². The van der Waals surface area contributed by atoms with E-state index < -0.39 is 17.8 Å². The zero-order chi connectivity index (χ0) is 22.1. The van der Waals surface area contributed by atoms with E-state index in [4.69, 9.17) is 9.47 Å². The number of carbonyl (C=O) groups is 3. The molecule has 0 heterocycles. The van der Waals surface area contributed by atoms with E-state index in [1.165, 1.54) is 45.6 Å². The number of esters is 2. The normalized spacial score (nSPS) is 10.4. The number of carbonyl (C=O) groups excluding carboxylic acids is 3. The monoisotopic (exact) mass is 413 g/mol. The van der Waals surface area contributed by atoms with Crippen LogP contribution >= 0.6 is 0 Å². The Kier molecular flexibility index (Phi) is 7.99. The summed E-state index contributed by atoms with van der Waals surface area (Å²) in [4.78, 5) is 36.0. The summed E-state index contributed by atoms with van der Waals surface area (Å²) in [6, 6.07) is 9.41. The highest BCUT2D eigenvalue weighted by Crippen LogP contribution is 2.28. The Bertz CT molecular complexity index is 932. The SMILES string of the molecule is CCOc1ccc(/C=C/C(=O)Nc2cc(C(=O)OC)cc(C(=O)OC)c2)cc1OC. The lowest BCUT2D eigenvalue weighted by Gasteiger charge is -2.10. The maximum atomic E-state index is 12.3. The molecule has 1 N–H and O–H groups in total. The van der Waals surface area contributed by atoms with Crippen LogP contribution in [0.4, 0.5) is 5.69 Å². The second-order valence-corrected chi connectivity index (χ2v) is 5.95. The van der Waals surface area contributed by atoms with E-state index in [1.807, 2.05) is 6.92 Å². The van der Waals surface area contributed by atoms with E-state index in [9.17, 15) is 14.4 Å². The maximum Gasteiger partial charge on any atom is 0.337 e. The number of benzene rings is 2. The van der Waals surface area contributed by atoms with Crippen molar-refractivity contribution in [3.8, 4) is 11.5 Å². The number of nitrogens with one attached hydrogen (secondary N) is 1. The van der Waals surface area contributed by atoms with Gasteiger partial charge in [0, 0.05) is 11.8 Å². The fourth-order valence-electron chi connectivity index (χ4n) is 2.59. The smallest absolute Gasteiger partial charge is 0.337 e. The van der Waals surface area contributed by atoms with E-state index >= 15 is 0 Å². The minimum absolute atomic E-state index is 0.107. The highest BCUT2D eigenvalue weighted by atomic mass is 16.5. The topological polar surface area (TPSA) is 100 Å². The molecule has 0 fully saturated rings. The van der Waals surface area contributed by atoms with Gasteiger partial charge in [-0.15, -0.1) is 0 Å². The summed E-state index contributed by atoms with van der Waals surface area (Å²) in [6.45, 7) is 2.38. The van der Waals surface area contributed by atoms with Crippen molar-refractivity contribution < 1.29 is 33.3 Å². The molecule has 0 aromatic heterocycles. The van der Waals surface area contributed by atoms with E-state index in [-0.39, 0.29) is 16.8 Å². The molecule has 2 aromatic rings. The van der Waals surface area contributed by atoms with E-state index in [0.29, 0.717) is 18.1 Å². The molecule has 0 saturated carbocycles. The average molecular weight is 413 g/mol. The number of amides is 1. The minimum atomic E-state index is -0.645. The zero-order valence-corrected chi connectivity index (χ0v) is 17.2. The van der Waals surface area contributed by atoms with Crippen molar-refractivity contribution in [2.24, 2.45) is 0 Å². The van der Waals surface area contributed by atoms with Gasteiger partial charge in [0.25, 0.3) is 0 Å². The molecule has 0 radical (unpaired) electrons. The average Bonchev–Trinajstić information content (AvgIpc) is 2.77. The third-order valence-corrected chi connectivity index (χ3v) is 3.96. The molecule has 0 spiro atoms. The van der Waals surface area contributed by atoms with Crippen LogP contribution in [0.15, 0.2) is 42.5 Å². The van der Waals surface area contributed by atoms with Crippen LogP contribution in [0.1, 0.15) is 33.2 Å². The van der Waals surface area contributed by atoms with E-state index in [1.54, 1.807) is 24.3 Å². The maximum absolute atomic E-state index is 12.3. The quantitative estimate of drug-likeness (QED) is 0.523. The van der Waals surface area contributed by atoms with Gasteiger partial charge in [0.2, 0.25) is 5.91 Å². The van der Waals surface area contributed by atoms with Crippen molar-refractivity contribution in [1.29, 1.82) is 0 Å². The molecule has 158 valence electrons. The minimum Gasteiger partial charge on any atom is -0.493 e. The van der Waals surface area contributed by atoms with Crippen LogP contribution in [0.2, 0.25) is 0 Å². The molecule has 0 aliphatic rings. The van der Waals surface area contributed by atoms with Gasteiger partial charge in [0.15, 0.2) is 11.5 Å². The zero-order valence-electron chi connectivity index (χ0n) is 17.2. The van der Waals surface area contributed by atoms with Gasteiger partial charge in [-0.25, -0.2) is 9.59 Å². The fourth-order valence-corrected chi connectivity index (χ4v) is 2.59. The van der Waals surface area contributed by atoms with Crippen molar-refractivity contribution >= 4 is 29.6 Å². The van der Waals surface area contributed by atoms with Gasteiger partial charge in [-0.2, -0.15) is 0 Å². The molecule has 0 unspecified atom stereocenters. The lowest BCUT2D eigenvalue weighted by atomic mass is 10.1. The summed E-state index contributed by atoms with van der Waals surface area (Å²) in [6.07, 6.45) is 2.91. The summed E-state index contributed by atoms with van der Waals surface area (Å²) >= 11 is 0. The highest BCUT2D eigenvalue weighted by Gasteiger charge is 2.14. The number of hydrogen-bond donors (Lipinski definition) is 1. The number of methoxy groups -OCH3 is 3.